The van der Waals surface area contributed by atoms with Gasteiger partial charge >= 0.3 is 12.1 Å². The molecule has 112 valence electrons. The standard InChI is InChI=1S/C13H10ClF3N2O2/c1-7(13(15,16)17)19-6-10(12(20)21)11(18-19)8-2-4-9(14)5-3-8/h2-7H,1H3,(H,20,21). The van der Waals surface area contributed by atoms with Crippen LogP contribution in [0, 0.1) is 0 Å². The number of carboxylic acids is 1. The van der Waals surface area contributed by atoms with Gasteiger partial charge in [-0.25, -0.2) is 4.79 Å². The van der Waals surface area contributed by atoms with E-state index in [0.717, 1.165) is 13.1 Å². The number of nitrogens with zero attached hydrogens (tertiary/aromatic N) is 2. The zero-order valence-corrected chi connectivity index (χ0v) is 11.5. The minimum Gasteiger partial charge on any atom is -0.478 e. The van der Waals surface area contributed by atoms with E-state index in [9.17, 15) is 18.0 Å². The third kappa shape index (κ3) is 3.18. The highest BCUT2D eigenvalue weighted by Crippen LogP contribution is 2.32. The quantitative estimate of drug-likeness (QED) is 0.929. The highest BCUT2D eigenvalue weighted by Gasteiger charge is 2.38. The van der Waals surface area contributed by atoms with E-state index >= 15 is 0 Å². The predicted molar refractivity (Wildman–Crippen MR) is 70.4 cm³/mol. The van der Waals surface area contributed by atoms with Gasteiger partial charge in [-0.1, -0.05) is 23.7 Å². The summed E-state index contributed by atoms with van der Waals surface area (Å²) >= 11 is 5.73. The maximum absolute atomic E-state index is 12.7. The van der Waals surface area contributed by atoms with E-state index in [1.54, 1.807) is 0 Å². The molecule has 0 aliphatic carbocycles. The summed E-state index contributed by atoms with van der Waals surface area (Å²) in [6.45, 7) is 0.907. The van der Waals surface area contributed by atoms with Crippen molar-refractivity contribution in [1.82, 2.24) is 9.78 Å². The normalized spacial score (nSPS) is 13.2. The third-order valence-electron chi connectivity index (χ3n) is 2.95. The number of carbonyl (C=O) groups is 1. The van der Waals surface area contributed by atoms with Crippen molar-refractivity contribution in [3.63, 3.8) is 0 Å². The molecule has 8 heteroatoms. The monoisotopic (exact) mass is 318 g/mol. The minimum atomic E-state index is -4.51. The van der Waals surface area contributed by atoms with Crippen LogP contribution in [0.3, 0.4) is 0 Å². The van der Waals surface area contributed by atoms with Gasteiger partial charge in [-0.15, -0.1) is 0 Å². The maximum Gasteiger partial charge on any atom is 0.410 e. The Bertz CT molecular complexity index is 665. The Morgan fingerprint density at radius 3 is 2.38 bits per heavy atom. The molecule has 2 aromatic rings. The van der Waals surface area contributed by atoms with Gasteiger partial charge in [0.2, 0.25) is 0 Å². The number of benzene rings is 1. The smallest absolute Gasteiger partial charge is 0.410 e. The SMILES string of the molecule is CC(n1cc(C(=O)O)c(-c2ccc(Cl)cc2)n1)C(F)(F)F. The van der Waals surface area contributed by atoms with Crippen LogP contribution in [-0.4, -0.2) is 27.0 Å². The number of hydrogen-bond donors (Lipinski definition) is 1. The van der Waals surface area contributed by atoms with Crippen LogP contribution in [0.2, 0.25) is 5.02 Å². The molecule has 1 atom stereocenters. The van der Waals surface area contributed by atoms with Crippen LogP contribution in [0.25, 0.3) is 11.3 Å². The molecule has 0 aliphatic heterocycles. The van der Waals surface area contributed by atoms with Crippen LogP contribution in [0.4, 0.5) is 13.2 Å². The van der Waals surface area contributed by atoms with E-state index in [-0.39, 0.29) is 11.3 Å². The Morgan fingerprint density at radius 2 is 1.90 bits per heavy atom. The van der Waals surface area contributed by atoms with Gasteiger partial charge in [0.05, 0.1) is 0 Å². The molecule has 1 unspecified atom stereocenters. The highest BCUT2D eigenvalue weighted by atomic mass is 35.5. The maximum atomic E-state index is 12.7. The van der Waals surface area contributed by atoms with Gasteiger partial charge in [0.1, 0.15) is 17.3 Å². The average molecular weight is 319 g/mol. The van der Waals surface area contributed by atoms with Crippen LogP contribution in [-0.2, 0) is 0 Å². The van der Waals surface area contributed by atoms with E-state index in [0.29, 0.717) is 15.3 Å². The molecule has 1 aromatic heterocycles. The number of aromatic carboxylic acids is 1. The van der Waals surface area contributed by atoms with Crippen LogP contribution < -0.4 is 0 Å². The highest BCUT2D eigenvalue weighted by molar-refractivity contribution is 6.30. The molecule has 1 N–H and O–H groups in total. The molecular weight excluding hydrogens is 309 g/mol. The van der Waals surface area contributed by atoms with Crippen LogP contribution >= 0.6 is 11.6 Å². The third-order valence-corrected chi connectivity index (χ3v) is 3.20. The second-order valence-electron chi connectivity index (χ2n) is 4.40. The van der Waals surface area contributed by atoms with Crippen LogP contribution in [0.15, 0.2) is 30.5 Å². The molecule has 0 bridgehead atoms. The van der Waals surface area contributed by atoms with Crippen molar-refractivity contribution in [1.29, 1.82) is 0 Å². The van der Waals surface area contributed by atoms with Crippen molar-refractivity contribution < 1.29 is 23.1 Å². The number of aromatic nitrogens is 2. The second-order valence-corrected chi connectivity index (χ2v) is 4.84. The minimum absolute atomic E-state index is 0.0322. The summed E-state index contributed by atoms with van der Waals surface area (Å²) < 4.78 is 38.7. The fraction of sp³-hybridized carbons (Fsp3) is 0.231. The zero-order valence-electron chi connectivity index (χ0n) is 10.7. The number of halogens is 4. The average Bonchev–Trinajstić information content (AvgIpc) is 2.82. The Kier molecular flexibility index (Phi) is 3.95. The van der Waals surface area contributed by atoms with Gasteiger partial charge < -0.3 is 5.11 Å². The van der Waals surface area contributed by atoms with Gasteiger partial charge in [-0.2, -0.15) is 18.3 Å². The molecule has 21 heavy (non-hydrogen) atoms. The van der Waals surface area contributed by atoms with Crippen LogP contribution in [0.5, 0.6) is 0 Å². The Labute approximate surface area is 122 Å². The molecule has 1 heterocycles. The van der Waals surface area contributed by atoms with E-state index in [1.165, 1.54) is 24.3 Å². The first kappa shape index (κ1) is 15.4. The number of carboxylic acid groups (broad SMARTS) is 1. The van der Waals surface area contributed by atoms with Crippen molar-refractivity contribution in [3.05, 3.63) is 41.0 Å². The summed E-state index contributed by atoms with van der Waals surface area (Å²) in [7, 11) is 0. The molecule has 0 fully saturated rings. The first-order valence-electron chi connectivity index (χ1n) is 5.85. The van der Waals surface area contributed by atoms with E-state index in [4.69, 9.17) is 16.7 Å². The molecule has 0 saturated carbocycles. The summed E-state index contributed by atoms with van der Waals surface area (Å²) in [6.07, 6.45) is -3.64. The topological polar surface area (TPSA) is 55.1 Å². The van der Waals surface area contributed by atoms with E-state index < -0.39 is 18.2 Å². The van der Waals surface area contributed by atoms with E-state index in [1.807, 2.05) is 0 Å². The summed E-state index contributed by atoms with van der Waals surface area (Å²) in [5.41, 5.74) is 0.0496. The Morgan fingerprint density at radius 1 is 1.33 bits per heavy atom. The molecule has 0 radical (unpaired) electrons. The van der Waals surface area contributed by atoms with Crippen molar-refractivity contribution in [2.24, 2.45) is 0 Å². The molecule has 0 spiro atoms. The number of hydrogen-bond acceptors (Lipinski definition) is 2. The Hall–Kier alpha value is -2.02. The second kappa shape index (κ2) is 5.40. The van der Waals surface area contributed by atoms with Crippen LogP contribution in [0.1, 0.15) is 23.3 Å². The fourth-order valence-electron chi connectivity index (χ4n) is 1.72. The van der Waals surface area contributed by atoms with Gasteiger partial charge in [-0.05, 0) is 19.1 Å². The van der Waals surface area contributed by atoms with Gasteiger partial charge in [0, 0.05) is 16.8 Å². The molecule has 0 amide bonds. The van der Waals surface area contributed by atoms with Gasteiger partial charge in [0.15, 0.2) is 0 Å². The molecule has 2 rings (SSSR count). The first-order chi connectivity index (χ1) is 9.70. The largest absolute Gasteiger partial charge is 0.478 e. The van der Waals surface area contributed by atoms with Crippen molar-refractivity contribution >= 4 is 17.6 Å². The lowest BCUT2D eigenvalue weighted by molar-refractivity contribution is -0.165. The molecule has 0 aliphatic rings. The summed E-state index contributed by atoms with van der Waals surface area (Å²) in [6, 6.07) is 4.10. The molecule has 4 nitrogen and oxygen atoms in total. The molecule has 1 aromatic carbocycles. The lowest BCUT2D eigenvalue weighted by Crippen LogP contribution is -2.24. The van der Waals surface area contributed by atoms with Crippen molar-refractivity contribution in [2.75, 3.05) is 0 Å². The summed E-state index contributed by atoms with van der Waals surface area (Å²) in [5.74, 6) is -1.35. The van der Waals surface area contributed by atoms with Crippen molar-refractivity contribution in [2.45, 2.75) is 19.1 Å². The fourth-order valence-corrected chi connectivity index (χ4v) is 1.84. The van der Waals surface area contributed by atoms with Gasteiger partial charge in [0.25, 0.3) is 0 Å². The summed E-state index contributed by atoms with van der Waals surface area (Å²) in [5, 5.41) is 13.3. The van der Waals surface area contributed by atoms with E-state index in [2.05, 4.69) is 5.10 Å². The Balaban J connectivity index is 2.53. The molecular formula is C13H10ClF3N2O2. The first-order valence-corrected chi connectivity index (χ1v) is 6.23. The van der Waals surface area contributed by atoms with Gasteiger partial charge in [-0.3, -0.25) is 4.68 Å². The number of rotatable bonds is 3. The predicted octanol–water partition coefficient (Wildman–Crippen LogP) is 4.03. The summed E-state index contributed by atoms with van der Waals surface area (Å²) in [4.78, 5) is 11.2. The lowest BCUT2D eigenvalue weighted by Gasteiger charge is -2.15. The van der Waals surface area contributed by atoms with Crippen molar-refractivity contribution in [3.8, 4) is 11.3 Å². The lowest BCUT2D eigenvalue weighted by atomic mass is 10.1. The zero-order chi connectivity index (χ0) is 15.8. The molecule has 0 saturated heterocycles. The number of alkyl halides is 3.